The fraction of sp³-hybridized carbons (Fsp3) is 0.611. The summed E-state index contributed by atoms with van der Waals surface area (Å²) in [6, 6.07) is 5.98. The Balaban J connectivity index is 1.52. The highest BCUT2D eigenvalue weighted by atomic mass is 32.2. The van der Waals surface area contributed by atoms with E-state index >= 15 is 0 Å². The van der Waals surface area contributed by atoms with Gasteiger partial charge in [0.15, 0.2) is 5.17 Å². The Hall–Kier alpha value is -1.41. The number of nitrogens with one attached hydrogen (secondary N) is 2. The van der Waals surface area contributed by atoms with Crippen LogP contribution in [0.25, 0.3) is 0 Å². The lowest BCUT2D eigenvalue weighted by Gasteiger charge is -2.27. The van der Waals surface area contributed by atoms with Crippen LogP contribution in [-0.2, 0) is 6.18 Å². The monoisotopic (exact) mass is 386 g/mol. The number of likely N-dealkylation sites (tertiary alicyclic amines) is 1. The Kier molecular flexibility index (Phi) is 6.02. The first-order valence-corrected chi connectivity index (χ1v) is 9.92. The number of fused-ring (bicyclic) bond motifs is 1. The van der Waals surface area contributed by atoms with Gasteiger partial charge in [0.25, 0.3) is 0 Å². The largest absolute Gasteiger partial charge is 0.416 e. The Morgan fingerprint density at radius 2 is 2.00 bits per heavy atom. The van der Waals surface area contributed by atoms with E-state index in [9.17, 15) is 13.2 Å². The van der Waals surface area contributed by atoms with Crippen molar-refractivity contribution in [1.29, 1.82) is 5.41 Å². The number of hydrogen-bond acceptors (Lipinski definition) is 4. The van der Waals surface area contributed by atoms with Gasteiger partial charge in [-0.3, -0.25) is 5.41 Å². The summed E-state index contributed by atoms with van der Waals surface area (Å²) < 4.78 is 38.2. The first kappa shape index (κ1) is 19.4. The molecule has 2 N–H and O–H groups in total. The van der Waals surface area contributed by atoms with Crippen LogP contribution in [-0.4, -0.2) is 55.1 Å². The molecule has 2 saturated heterocycles. The quantitative estimate of drug-likeness (QED) is 0.462. The van der Waals surface area contributed by atoms with Crippen molar-refractivity contribution in [3.8, 4) is 0 Å². The molecule has 2 atom stereocenters. The van der Waals surface area contributed by atoms with Gasteiger partial charge >= 0.3 is 6.18 Å². The molecule has 2 aliphatic heterocycles. The smallest absolute Gasteiger partial charge is 0.368 e. The van der Waals surface area contributed by atoms with Crippen molar-refractivity contribution in [3.05, 3.63) is 29.8 Å². The summed E-state index contributed by atoms with van der Waals surface area (Å²) in [7, 11) is 1.76. The summed E-state index contributed by atoms with van der Waals surface area (Å²) in [6.45, 7) is 3.97. The van der Waals surface area contributed by atoms with Gasteiger partial charge in [0.2, 0.25) is 0 Å². The minimum atomic E-state index is -4.28. The fourth-order valence-electron chi connectivity index (χ4n) is 3.93. The average Bonchev–Trinajstić information content (AvgIpc) is 3.18. The second-order valence-corrected chi connectivity index (χ2v) is 8.00. The zero-order valence-corrected chi connectivity index (χ0v) is 15.7. The highest BCUT2D eigenvalue weighted by molar-refractivity contribution is 8.13. The lowest BCUT2D eigenvalue weighted by Crippen LogP contribution is -2.35. The van der Waals surface area contributed by atoms with Crippen molar-refractivity contribution in [2.75, 3.05) is 43.9 Å². The normalized spacial score (nSPS) is 23.3. The summed E-state index contributed by atoms with van der Waals surface area (Å²) in [5.41, 5.74) is 0.306. The van der Waals surface area contributed by atoms with Crippen LogP contribution in [0.15, 0.2) is 24.3 Å². The third-order valence-corrected chi connectivity index (χ3v) is 6.23. The van der Waals surface area contributed by atoms with Gasteiger partial charge in [0.1, 0.15) is 0 Å². The van der Waals surface area contributed by atoms with Crippen LogP contribution in [0.1, 0.15) is 18.4 Å². The van der Waals surface area contributed by atoms with Gasteiger partial charge in [-0.15, -0.1) is 0 Å². The number of nitrogens with zero attached hydrogens (tertiary/aromatic N) is 2. The van der Waals surface area contributed by atoms with Crippen LogP contribution in [0, 0.1) is 11.3 Å². The molecule has 0 unspecified atom stereocenters. The minimum Gasteiger partial charge on any atom is -0.368 e. The molecule has 26 heavy (non-hydrogen) atoms. The van der Waals surface area contributed by atoms with Gasteiger partial charge < -0.3 is 15.1 Å². The number of halogens is 3. The fourth-order valence-corrected chi connectivity index (χ4v) is 4.55. The van der Waals surface area contributed by atoms with Crippen LogP contribution in [0.4, 0.5) is 18.9 Å². The molecule has 4 nitrogen and oxygen atoms in total. The summed E-state index contributed by atoms with van der Waals surface area (Å²) in [5.74, 6) is 1.52. The standard InChI is InChI=1S/C18H25F3N4S/c1-23-17(22)26-10-2-8-24-11-13-7-9-25(16(13)12-24)15-5-3-14(4-6-15)18(19,20)21/h3-6,13,16H,2,7-12H2,1H3,(H2,22,23)/t13-,16+/m1/s1. The van der Waals surface area contributed by atoms with Crippen molar-refractivity contribution < 1.29 is 13.2 Å². The molecule has 2 fully saturated rings. The molecule has 3 rings (SSSR count). The molecule has 0 spiro atoms. The zero-order chi connectivity index (χ0) is 18.7. The number of benzene rings is 1. The molecule has 0 saturated carbocycles. The van der Waals surface area contributed by atoms with E-state index in [1.54, 1.807) is 19.2 Å². The predicted octanol–water partition coefficient (Wildman–Crippen LogP) is 3.49. The lowest BCUT2D eigenvalue weighted by molar-refractivity contribution is -0.137. The lowest BCUT2D eigenvalue weighted by atomic mass is 10.0. The molecular formula is C18H25F3N4S. The second kappa shape index (κ2) is 8.08. The summed E-state index contributed by atoms with van der Waals surface area (Å²) >= 11 is 1.53. The van der Waals surface area contributed by atoms with E-state index in [0.29, 0.717) is 17.1 Å². The van der Waals surface area contributed by atoms with E-state index in [1.165, 1.54) is 23.9 Å². The first-order valence-electron chi connectivity index (χ1n) is 8.94. The number of anilines is 1. The Morgan fingerprint density at radius 1 is 1.27 bits per heavy atom. The number of alkyl halides is 3. The third kappa shape index (κ3) is 4.46. The summed E-state index contributed by atoms with van der Waals surface area (Å²) in [5, 5.41) is 10.9. The maximum atomic E-state index is 12.7. The summed E-state index contributed by atoms with van der Waals surface area (Å²) in [4.78, 5) is 4.73. The van der Waals surface area contributed by atoms with Crippen LogP contribution < -0.4 is 10.2 Å². The van der Waals surface area contributed by atoms with Crippen molar-refractivity contribution in [2.45, 2.75) is 25.1 Å². The molecule has 1 aromatic rings. The molecule has 0 aromatic heterocycles. The molecular weight excluding hydrogens is 361 g/mol. The Morgan fingerprint density at radius 3 is 2.65 bits per heavy atom. The van der Waals surface area contributed by atoms with E-state index in [4.69, 9.17) is 5.41 Å². The molecule has 2 aliphatic rings. The number of hydrogen-bond donors (Lipinski definition) is 2. The molecule has 0 amide bonds. The van der Waals surface area contributed by atoms with Crippen LogP contribution in [0.5, 0.6) is 0 Å². The third-order valence-electron chi connectivity index (χ3n) is 5.24. The number of rotatable bonds is 5. The van der Waals surface area contributed by atoms with Gasteiger partial charge in [-0.2, -0.15) is 13.2 Å². The maximum absolute atomic E-state index is 12.7. The molecule has 8 heteroatoms. The molecule has 0 aliphatic carbocycles. The van der Waals surface area contributed by atoms with Crippen LogP contribution in [0.3, 0.4) is 0 Å². The van der Waals surface area contributed by atoms with Crippen molar-refractivity contribution in [3.63, 3.8) is 0 Å². The Bertz CT molecular complexity index is 620. The Labute approximate surface area is 156 Å². The number of thioether (sulfide) groups is 1. The SMILES string of the molecule is CNC(=N)SCCCN1C[C@H]2CCN(c3ccc(C(F)(F)F)cc3)[C@H]2C1. The first-order chi connectivity index (χ1) is 12.4. The van der Waals surface area contributed by atoms with Gasteiger partial charge in [-0.05, 0) is 49.6 Å². The van der Waals surface area contributed by atoms with E-state index in [0.717, 1.165) is 50.5 Å². The molecule has 0 bridgehead atoms. The molecule has 144 valence electrons. The van der Waals surface area contributed by atoms with Gasteiger partial charge in [0.05, 0.1) is 5.56 Å². The second-order valence-electron chi connectivity index (χ2n) is 6.89. The minimum absolute atomic E-state index is 0.398. The van der Waals surface area contributed by atoms with E-state index in [2.05, 4.69) is 15.1 Å². The highest BCUT2D eigenvalue weighted by Crippen LogP contribution is 2.36. The van der Waals surface area contributed by atoms with Gasteiger partial charge in [-0.1, -0.05) is 11.8 Å². The van der Waals surface area contributed by atoms with Crippen molar-refractivity contribution >= 4 is 22.6 Å². The van der Waals surface area contributed by atoms with Gasteiger partial charge in [0, 0.05) is 44.2 Å². The predicted molar refractivity (Wildman–Crippen MR) is 101 cm³/mol. The van der Waals surface area contributed by atoms with Crippen molar-refractivity contribution in [2.24, 2.45) is 5.92 Å². The maximum Gasteiger partial charge on any atom is 0.416 e. The zero-order valence-electron chi connectivity index (χ0n) is 14.9. The summed E-state index contributed by atoms with van der Waals surface area (Å²) in [6.07, 6.45) is -2.15. The van der Waals surface area contributed by atoms with Gasteiger partial charge in [-0.25, -0.2) is 0 Å². The van der Waals surface area contributed by atoms with Crippen LogP contribution >= 0.6 is 11.8 Å². The topological polar surface area (TPSA) is 42.4 Å². The number of amidine groups is 1. The van der Waals surface area contributed by atoms with E-state index < -0.39 is 11.7 Å². The molecule has 1 aromatic carbocycles. The van der Waals surface area contributed by atoms with E-state index in [1.807, 2.05) is 0 Å². The average molecular weight is 386 g/mol. The van der Waals surface area contributed by atoms with E-state index in [-0.39, 0.29) is 0 Å². The van der Waals surface area contributed by atoms with Crippen LogP contribution in [0.2, 0.25) is 0 Å². The molecule has 2 heterocycles. The van der Waals surface area contributed by atoms with Crippen molar-refractivity contribution in [1.82, 2.24) is 10.2 Å². The molecule has 0 radical (unpaired) electrons. The highest BCUT2D eigenvalue weighted by Gasteiger charge is 2.41.